The molecule has 4 rings (SSSR count). The van der Waals surface area contributed by atoms with Crippen LogP contribution in [0.3, 0.4) is 0 Å². The maximum Gasteiger partial charge on any atom is 0.271 e. The van der Waals surface area contributed by atoms with Gasteiger partial charge in [0.2, 0.25) is 11.8 Å². The number of non-ortho nitro benzene ring substituents is 1. The Hall–Kier alpha value is -3.95. The van der Waals surface area contributed by atoms with E-state index in [1.165, 1.54) is 36.3 Å². The lowest BCUT2D eigenvalue weighted by Gasteiger charge is -2.48. The minimum atomic E-state index is -1.02. The first-order chi connectivity index (χ1) is 16.4. The molecule has 1 aliphatic heterocycles. The van der Waals surface area contributed by atoms with E-state index in [0.29, 0.717) is 11.3 Å². The highest BCUT2D eigenvalue weighted by molar-refractivity contribution is 6.03. The molecule has 34 heavy (non-hydrogen) atoms. The molecule has 0 unspecified atom stereocenters. The number of nitrogens with one attached hydrogen (secondary N) is 2. The van der Waals surface area contributed by atoms with Gasteiger partial charge in [-0.1, -0.05) is 31.0 Å². The molecule has 10 heteroatoms. The summed E-state index contributed by atoms with van der Waals surface area (Å²) < 4.78 is 5.36. The van der Waals surface area contributed by atoms with Crippen LogP contribution in [0.1, 0.15) is 42.5 Å². The van der Waals surface area contributed by atoms with Crippen LogP contribution in [-0.4, -0.2) is 52.8 Å². The molecule has 0 spiro atoms. The fourth-order valence-corrected chi connectivity index (χ4v) is 4.78. The molecule has 3 amide bonds. The van der Waals surface area contributed by atoms with Crippen molar-refractivity contribution in [3.8, 4) is 5.75 Å². The normalized spacial score (nSPS) is 21.7. The maximum absolute atomic E-state index is 13.7. The molecule has 0 bridgehead atoms. The van der Waals surface area contributed by atoms with Gasteiger partial charge >= 0.3 is 0 Å². The molecule has 0 aromatic heterocycles. The van der Waals surface area contributed by atoms with Crippen LogP contribution in [0.15, 0.2) is 48.5 Å². The first-order valence-electron chi connectivity index (χ1n) is 11.2. The van der Waals surface area contributed by atoms with Crippen LogP contribution in [0.4, 0.5) is 11.4 Å². The van der Waals surface area contributed by atoms with Gasteiger partial charge in [0, 0.05) is 23.9 Å². The number of benzene rings is 2. The first-order valence-corrected chi connectivity index (χ1v) is 11.2. The zero-order valence-corrected chi connectivity index (χ0v) is 18.7. The summed E-state index contributed by atoms with van der Waals surface area (Å²) in [6.45, 7) is 0. The third kappa shape index (κ3) is 4.70. The summed E-state index contributed by atoms with van der Waals surface area (Å²) in [5.74, 6) is -0.878. The summed E-state index contributed by atoms with van der Waals surface area (Å²) in [4.78, 5) is 51.7. The van der Waals surface area contributed by atoms with Gasteiger partial charge in [-0.05, 0) is 31.0 Å². The molecule has 1 heterocycles. The summed E-state index contributed by atoms with van der Waals surface area (Å²) in [7, 11) is 1.47. The predicted molar refractivity (Wildman–Crippen MR) is 123 cm³/mol. The summed E-state index contributed by atoms with van der Waals surface area (Å²) in [6, 6.07) is 10.9. The second kappa shape index (κ2) is 9.90. The zero-order chi connectivity index (χ0) is 24.2. The molecule has 10 nitrogen and oxygen atoms in total. The third-order valence-corrected chi connectivity index (χ3v) is 6.34. The number of nitrogens with zero attached hydrogens (tertiary/aromatic N) is 2. The number of hydrogen-bond donors (Lipinski definition) is 2. The van der Waals surface area contributed by atoms with Crippen LogP contribution in [0, 0.1) is 10.1 Å². The van der Waals surface area contributed by atoms with E-state index in [2.05, 4.69) is 10.6 Å². The number of ether oxygens (including phenoxy) is 1. The van der Waals surface area contributed by atoms with Gasteiger partial charge in [-0.2, -0.15) is 0 Å². The number of rotatable bonds is 6. The van der Waals surface area contributed by atoms with Crippen molar-refractivity contribution in [1.82, 2.24) is 10.2 Å². The molecule has 2 aliphatic rings. The molecular formula is C24H26N4O6. The van der Waals surface area contributed by atoms with Crippen molar-refractivity contribution in [1.29, 1.82) is 0 Å². The van der Waals surface area contributed by atoms with Gasteiger partial charge in [0.25, 0.3) is 11.6 Å². The molecule has 0 radical (unpaired) electrons. The number of fused-ring (bicyclic) bond motifs is 1. The zero-order valence-electron chi connectivity index (χ0n) is 18.7. The smallest absolute Gasteiger partial charge is 0.271 e. The summed E-state index contributed by atoms with van der Waals surface area (Å²) >= 11 is 0. The number of nitro groups is 1. The Morgan fingerprint density at radius 2 is 1.94 bits per heavy atom. The number of carbonyl (C=O) groups excluding carboxylic acids is 3. The largest absolute Gasteiger partial charge is 0.496 e. The van der Waals surface area contributed by atoms with E-state index in [-0.39, 0.29) is 41.7 Å². The Kier molecular flexibility index (Phi) is 6.76. The molecule has 2 N–H and O–H groups in total. The number of amides is 3. The van der Waals surface area contributed by atoms with Crippen LogP contribution < -0.4 is 15.4 Å². The van der Waals surface area contributed by atoms with Crippen LogP contribution in [-0.2, 0) is 9.59 Å². The van der Waals surface area contributed by atoms with Crippen molar-refractivity contribution in [2.75, 3.05) is 12.4 Å². The van der Waals surface area contributed by atoms with Gasteiger partial charge in [0.05, 0.1) is 30.1 Å². The van der Waals surface area contributed by atoms with Gasteiger partial charge < -0.3 is 20.3 Å². The van der Waals surface area contributed by atoms with Gasteiger partial charge in [-0.3, -0.25) is 24.5 Å². The van der Waals surface area contributed by atoms with E-state index in [0.717, 1.165) is 25.7 Å². The fourth-order valence-electron chi connectivity index (χ4n) is 4.78. The topological polar surface area (TPSA) is 131 Å². The standard InChI is InChI=1S/C24H26N4O6/c1-34-21-12-5-2-9-17(21)24(31)27-19-11-4-3-10-18(19)26-23(30)20(27)14-22(29)25-15-7-6-8-16(13-15)28(32)33/h2,5-9,12-13,18-20H,3-4,10-11,14H2,1H3,(H,25,29)(H,26,30)/t18-,19-,20-/m1/s1. The minimum Gasteiger partial charge on any atom is -0.496 e. The molecular weight excluding hydrogens is 440 g/mol. The Morgan fingerprint density at radius 1 is 1.18 bits per heavy atom. The number of hydrogen-bond acceptors (Lipinski definition) is 6. The van der Waals surface area contributed by atoms with Crippen LogP contribution in [0.25, 0.3) is 0 Å². The molecule has 2 fully saturated rings. The molecule has 3 atom stereocenters. The highest BCUT2D eigenvalue weighted by atomic mass is 16.6. The summed E-state index contributed by atoms with van der Waals surface area (Å²) in [6.07, 6.45) is 3.07. The number of para-hydroxylation sites is 1. The second-order valence-electron chi connectivity index (χ2n) is 8.46. The van der Waals surface area contributed by atoms with Gasteiger partial charge in [0.15, 0.2) is 0 Å². The van der Waals surface area contributed by atoms with Gasteiger partial charge in [0.1, 0.15) is 11.8 Å². The lowest BCUT2D eigenvalue weighted by atomic mass is 9.84. The van der Waals surface area contributed by atoms with Crippen LogP contribution in [0.2, 0.25) is 0 Å². The van der Waals surface area contributed by atoms with Crippen LogP contribution >= 0.6 is 0 Å². The van der Waals surface area contributed by atoms with Crippen LogP contribution in [0.5, 0.6) is 5.75 Å². The fraction of sp³-hybridized carbons (Fsp3) is 0.375. The lowest BCUT2D eigenvalue weighted by Crippen LogP contribution is -2.68. The van der Waals surface area contributed by atoms with E-state index in [1.807, 2.05) is 0 Å². The number of anilines is 1. The first kappa shape index (κ1) is 23.2. The van der Waals surface area contributed by atoms with Crippen molar-refractivity contribution in [2.45, 2.75) is 50.2 Å². The Balaban J connectivity index is 1.61. The van der Waals surface area contributed by atoms with Crippen molar-refractivity contribution in [2.24, 2.45) is 0 Å². The summed E-state index contributed by atoms with van der Waals surface area (Å²) in [5.41, 5.74) is 0.410. The average Bonchev–Trinajstić information content (AvgIpc) is 2.84. The van der Waals surface area contributed by atoms with Crippen molar-refractivity contribution in [3.05, 3.63) is 64.2 Å². The van der Waals surface area contributed by atoms with E-state index >= 15 is 0 Å². The molecule has 178 valence electrons. The lowest BCUT2D eigenvalue weighted by molar-refractivity contribution is -0.384. The monoisotopic (exact) mass is 466 g/mol. The van der Waals surface area contributed by atoms with E-state index in [4.69, 9.17) is 4.74 Å². The molecule has 1 saturated heterocycles. The Morgan fingerprint density at radius 3 is 2.71 bits per heavy atom. The Labute approximate surface area is 196 Å². The Bertz CT molecular complexity index is 1120. The van der Waals surface area contributed by atoms with E-state index < -0.39 is 16.9 Å². The summed E-state index contributed by atoms with van der Waals surface area (Å²) in [5, 5.41) is 16.6. The molecule has 1 aliphatic carbocycles. The van der Waals surface area contributed by atoms with Crippen molar-refractivity contribution in [3.63, 3.8) is 0 Å². The maximum atomic E-state index is 13.7. The minimum absolute atomic E-state index is 0.161. The number of nitro benzene ring substituents is 1. The highest BCUT2D eigenvalue weighted by Gasteiger charge is 2.46. The SMILES string of the molecule is COc1ccccc1C(=O)N1[C@H](CC(=O)Nc2cccc([N+](=O)[O-])c2)C(=O)N[C@@H]2CCCC[C@H]21. The van der Waals surface area contributed by atoms with Gasteiger partial charge in [-0.25, -0.2) is 0 Å². The third-order valence-electron chi connectivity index (χ3n) is 6.34. The van der Waals surface area contributed by atoms with E-state index in [9.17, 15) is 24.5 Å². The molecule has 2 aromatic rings. The average molecular weight is 466 g/mol. The number of methoxy groups -OCH3 is 1. The number of carbonyl (C=O) groups is 3. The van der Waals surface area contributed by atoms with Crippen molar-refractivity contribution >= 4 is 29.1 Å². The quantitative estimate of drug-likeness (QED) is 0.497. The highest BCUT2D eigenvalue weighted by Crippen LogP contribution is 2.32. The predicted octanol–water partition coefficient (Wildman–Crippen LogP) is 2.88. The second-order valence-corrected chi connectivity index (χ2v) is 8.46. The number of piperazine rings is 1. The molecule has 2 aromatic carbocycles. The van der Waals surface area contributed by atoms with E-state index in [1.54, 1.807) is 24.3 Å². The molecule has 1 saturated carbocycles. The van der Waals surface area contributed by atoms with Gasteiger partial charge in [-0.15, -0.1) is 0 Å². The van der Waals surface area contributed by atoms with Crippen molar-refractivity contribution < 1.29 is 24.0 Å².